The molecular weight excluding hydrogens is 381 g/mol. The summed E-state index contributed by atoms with van der Waals surface area (Å²) >= 11 is 0. The van der Waals surface area contributed by atoms with E-state index in [2.05, 4.69) is 5.10 Å². The molecule has 1 aromatic carbocycles. The molecule has 1 unspecified atom stereocenters. The smallest absolute Gasteiger partial charge is 0.338 e. The number of likely N-dealkylation sites (tertiary alicyclic amines) is 1. The molecule has 0 aliphatic carbocycles. The Morgan fingerprint density at radius 3 is 2.59 bits per heavy atom. The molecule has 2 aromatic rings. The van der Waals surface area contributed by atoms with E-state index in [-0.39, 0.29) is 29.8 Å². The first-order valence-corrected chi connectivity index (χ1v) is 8.36. The van der Waals surface area contributed by atoms with Crippen molar-refractivity contribution in [3.8, 4) is 5.69 Å². The second kappa shape index (κ2) is 7.52. The Labute approximate surface area is 161 Å². The molecule has 1 saturated heterocycles. The molecule has 2 heterocycles. The second-order valence-corrected chi connectivity index (χ2v) is 7.30. The van der Waals surface area contributed by atoms with Crippen LogP contribution in [0.4, 0.5) is 13.2 Å². The van der Waals surface area contributed by atoms with E-state index in [9.17, 15) is 18.0 Å². The number of nitrogens with two attached hydrogens (primary N) is 1. The van der Waals surface area contributed by atoms with Crippen LogP contribution in [0.25, 0.3) is 5.69 Å². The molecule has 5 nitrogen and oxygen atoms in total. The van der Waals surface area contributed by atoms with Gasteiger partial charge in [0.05, 0.1) is 5.69 Å². The van der Waals surface area contributed by atoms with Gasteiger partial charge in [-0.25, -0.2) is 4.68 Å². The molecule has 1 fully saturated rings. The van der Waals surface area contributed by atoms with E-state index in [0.717, 1.165) is 10.7 Å². The molecule has 0 saturated carbocycles. The van der Waals surface area contributed by atoms with Crippen molar-refractivity contribution in [1.29, 1.82) is 0 Å². The summed E-state index contributed by atoms with van der Waals surface area (Å²) in [5.41, 5.74) is 5.77. The Bertz CT molecular complexity index is 819. The van der Waals surface area contributed by atoms with Gasteiger partial charge in [-0.2, -0.15) is 18.3 Å². The maximum atomic E-state index is 12.8. The molecule has 1 atom stereocenters. The zero-order valence-electron chi connectivity index (χ0n) is 15.0. The van der Waals surface area contributed by atoms with Crippen molar-refractivity contribution in [3.05, 3.63) is 47.8 Å². The van der Waals surface area contributed by atoms with Gasteiger partial charge in [0.2, 0.25) is 0 Å². The number of nitrogens with zero attached hydrogens (tertiary/aromatic N) is 3. The van der Waals surface area contributed by atoms with Crippen LogP contribution >= 0.6 is 12.4 Å². The fourth-order valence-electron chi connectivity index (χ4n) is 3.13. The van der Waals surface area contributed by atoms with Crippen LogP contribution in [-0.4, -0.2) is 39.7 Å². The Morgan fingerprint density at radius 1 is 1.30 bits per heavy atom. The van der Waals surface area contributed by atoms with Gasteiger partial charge in [0.15, 0.2) is 5.69 Å². The zero-order chi connectivity index (χ0) is 19.1. The van der Waals surface area contributed by atoms with Crippen molar-refractivity contribution in [2.45, 2.75) is 32.5 Å². The van der Waals surface area contributed by atoms with Gasteiger partial charge in [0.25, 0.3) is 5.91 Å². The molecule has 0 radical (unpaired) electrons. The van der Waals surface area contributed by atoms with Gasteiger partial charge >= 0.3 is 6.18 Å². The van der Waals surface area contributed by atoms with E-state index in [1.54, 1.807) is 29.2 Å². The Hall–Kier alpha value is -2.06. The topological polar surface area (TPSA) is 64.2 Å². The minimum absolute atomic E-state index is 0. The summed E-state index contributed by atoms with van der Waals surface area (Å²) in [7, 11) is 0. The molecule has 1 aliphatic rings. The van der Waals surface area contributed by atoms with Gasteiger partial charge in [-0.1, -0.05) is 19.9 Å². The third-order valence-corrected chi connectivity index (χ3v) is 4.84. The van der Waals surface area contributed by atoms with E-state index in [1.807, 2.05) is 13.8 Å². The Kier molecular flexibility index (Phi) is 5.91. The number of benzene rings is 1. The Balaban J connectivity index is 0.00000261. The van der Waals surface area contributed by atoms with Crippen molar-refractivity contribution in [2.75, 3.05) is 13.1 Å². The lowest BCUT2D eigenvalue weighted by molar-refractivity contribution is -0.141. The normalized spacial score (nSPS) is 19.5. The molecule has 9 heteroatoms. The summed E-state index contributed by atoms with van der Waals surface area (Å²) in [5.74, 6) is -0.157. The SMILES string of the molecule is CC1(C)CN(C(=O)c2cccc(-n3ccc(C(F)(F)F)n3)c2)CCC1N.Cl. The molecule has 0 bridgehead atoms. The van der Waals surface area contributed by atoms with E-state index in [4.69, 9.17) is 5.73 Å². The predicted octanol–water partition coefficient (Wildman–Crippen LogP) is 3.51. The molecule has 3 rings (SSSR count). The van der Waals surface area contributed by atoms with Gasteiger partial charge in [-0.05, 0) is 36.1 Å². The minimum atomic E-state index is -4.50. The minimum Gasteiger partial charge on any atom is -0.338 e. The summed E-state index contributed by atoms with van der Waals surface area (Å²) in [6.07, 6.45) is -2.56. The van der Waals surface area contributed by atoms with Crippen molar-refractivity contribution < 1.29 is 18.0 Å². The van der Waals surface area contributed by atoms with Gasteiger partial charge in [-0.15, -0.1) is 12.4 Å². The van der Waals surface area contributed by atoms with Crippen molar-refractivity contribution >= 4 is 18.3 Å². The lowest BCUT2D eigenvalue weighted by atomic mass is 9.79. The first-order valence-electron chi connectivity index (χ1n) is 8.36. The molecule has 1 amide bonds. The average molecular weight is 403 g/mol. The third kappa shape index (κ3) is 4.44. The fraction of sp³-hybridized carbons (Fsp3) is 0.444. The number of amides is 1. The van der Waals surface area contributed by atoms with Gasteiger partial charge in [0.1, 0.15) is 0 Å². The number of halogens is 4. The molecule has 2 N–H and O–H groups in total. The highest BCUT2D eigenvalue weighted by atomic mass is 35.5. The molecule has 1 aromatic heterocycles. The maximum Gasteiger partial charge on any atom is 0.435 e. The van der Waals surface area contributed by atoms with Crippen LogP contribution in [0.1, 0.15) is 36.3 Å². The quantitative estimate of drug-likeness (QED) is 0.836. The number of aromatic nitrogens is 2. The highest BCUT2D eigenvalue weighted by Crippen LogP contribution is 2.29. The average Bonchev–Trinajstić information content (AvgIpc) is 3.07. The van der Waals surface area contributed by atoms with Gasteiger partial charge in [-0.3, -0.25) is 4.79 Å². The number of hydrogen-bond acceptors (Lipinski definition) is 3. The second-order valence-electron chi connectivity index (χ2n) is 7.30. The van der Waals surface area contributed by atoms with E-state index in [0.29, 0.717) is 30.8 Å². The van der Waals surface area contributed by atoms with E-state index < -0.39 is 11.9 Å². The standard InChI is InChI=1S/C18H21F3N4O.ClH/c1-17(2)11-24(8-6-14(17)22)16(26)12-4-3-5-13(10-12)25-9-7-15(23-25)18(19,20)21;/h3-5,7,9-10,14H,6,8,11,22H2,1-2H3;1H. The van der Waals surface area contributed by atoms with Crippen LogP contribution in [-0.2, 0) is 6.18 Å². The third-order valence-electron chi connectivity index (χ3n) is 4.84. The van der Waals surface area contributed by atoms with E-state index >= 15 is 0 Å². The van der Waals surface area contributed by atoms with Gasteiger partial charge < -0.3 is 10.6 Å². The van der Waals surface area contributed by atoms with Crippen molar-refractivity contribution in [3.63, 3.8) is 0 Å². The first kappa shape index (κ1) is 21.2. The van der Waals surface area contributed by atoms with Crippen LogP contribution in [0.15, 0.2) is 36.5 Å². The molecule has 0 spiro atoms. The predicted molar refractivity (Wildman–Crippen MR) is 98.1 cm³/mol. The van der Waals surface area contributed by atoms with Crippen molar-refractivity contribution in [2.24, 2.45) is 11.1 Å². The van der Waals surface area contributed by atoms with Crippen LogP contribution in [0, 0.1) is 5.41 Å². The fourth-order valence-corrected chi connectivity index (χ4v) is 3.13. The van der Waals surface area contributed by atoms with Crippen LogP contribution in [0.5, 0.6) is 0 Å². The van der Waals surface area contributed by atoms with Crippen LogP contribution in [0.3, 0.4) is 0 Å². The highest BCUT2D eigenvalue weighted by Gasteiger charge is 2.36. The van der Waals surface area contributed by atoms with Crippen molar-refractivity contribution in [1.82, 2.24) is 14.7 Å². The number of carbonyl (C=O) groups is 1. The summed E-state index contributed by atoms with van der Waals surface area (Å²) in [6, 6.07) is 7.39. The first-order chi connectivity index (χ1) is 12.1. The van der Waals surface area contributed by atoms with Crippen LogP contribution < -0.4 is 5.73 Å². The largest absolute Gasteiger partial charge is 0.435 e. The van der Waals surface area contributed by atoms with E-state index in [1.165, 1.54) is 6.20 Å². The maximum absolute atomic E-state index is 12.8. The molecule has 1 aliphatic heterocycles. The number of piperidine rings is 1. The summed E-state index contributed by atoms with van der Waals surface area (Å²) < 4.78 is 39.3. The Morgan fingerprint density at radius 2 is 2.00 bits per heavy atom. The number of rotatable bonds is 2. The molecular formula is C18H22ClF3N4O. The lowest BCUT2D eigenvalue weighted by Gasteiger charge is -2.42. The highest BCUT2D eigenvalue weighted by molar-refractivity contribution is 5.94. The summed E-state index contributed by atoms with van der Waals surface area (Å²) in [4.78, 5) is 14.6. The molecule has 27 heavy (non-hydrogen) atoms. The number of carbonyl (C=O) groups excluding carboxylic acids is 1. The molecule has 148 valence electrons. The monoisotopic (exact) mass is 402 g/mol. The van der Waals surface area contributed by atoms with Gasteiger partial charge in [0, 0.05) is 30.9 Å². The van der Waals surface area contributed by atoms with Crippen LogP contribution in [0.2, 0.25) is 0 Å². The summed E-state index contributed by atoms with van der Waals surface area (Å²) in [5, 5.41) is 3.55. The number of alkyl halides is 3. The number of hydrogen-bond donors (Lipinski definition) is 1. The zero-order valence-corrected chi connectivity index (χ0v) is 15.8. The summed E-state index contributed by atoms with van der Waals surface area (Å²) in [6.45, 7) is 5.15. The lowest BCUT2D eigenvalue weighted by Crippen LogP contribution is -2.54.